The molecule has 4 nitrogen and oxygen atoms in total. The van der Waals surface area contributed by atoms with Crippen LogP contribution in [0.3, 0.4) is 0 Å². The third-order valence-electron chi connectivity index (χ3n) is 2.94. The van der Waals surface area contributed by atoms with Gasteiger partial charge in [0.25, 0.3) is 5.89 Å². The smallest absolute Gasteiger partial charge is 0.258 e. The third-order valence-corrected chi connectivity index (χ3v) is 3.79. The van der Waals surface area contributed by atoms with Gasteiger partial charge in [0.2, 0.25) is 0 Å². The van der Waals surface area contributed by atoms with Crippen LogP contribution in [0.2, 0.25) is 0 Å². The lowest BCUT2D eigenvalue weighted by atomic mass is 10.1. The van der Waals surface area contributed by atoms with E-state index < -0.39 is 0 Å². The van der Waals surface area contributed by atoms with Crippen LogP contribution in [0.4, 0.5) is 0 Å². The number of benzene rings is 1. The normalized spacial score (nSPS) is 12.7. The summed E-state index contributed by atoms with van der Waals surface area (Å²) in [5.41, 5.74) is 7.92. The van der Waals surface area contributed by atoms with Crippen LogP contribution in [-0.4, -0.2) is 16.2 Å². The molecule has 5 heteroatoms. The van der Waals surface area contributed by atoms with Gasteiger partial charge >= 0.3 is 0 Å². The maximum atomic E-state index is 5.88. The fraction of sp³-hybridized carbons (Fsp3) is 0.385. The topological polar surface area (TPSA) is 64.9 Å². The summed E-state index contributed by atoms with van der Waals surface area (Å²) in [5.74, 6) is 1.21. The van der Waals surface area contributed by atoms with Gasteiger partial charge in [-0.05, 0) is 31.0 Å². The van der Waals surface area contributed by atoms with Crippen molar-refractivity contribution in [2.75, 3.05) is 0 Å². The summed E-state index contributed by atoms with van der Waals surface area (Å²) in [6.45, 7) is 4.06. The summed E-state index contributed by atoms with van der Waals surface area (Å²) >= 11 is 3.49. The van der Waals surface area contributed by atoms with E-state index >= 15 is 0 Å². The first-order valence-corrected chi connectivity index (χ1v) is 6.74. The van der Waals surface area contributed by atoms with Crippen LogP contribution in [0.25, 0.3) is 11.5 Å². The Balaban J connectivity index is 2.27. The van der Waals surface area contributed by atoms with Crippen molar-refractivity contribution in [2.45, 2.75) is 32.7 Å². The Morgan fingerprint density at radius 1 is 1.44 bits per heavy atom. The van der Waals surface area contributed by atoms with E-state index in [2.05, 4.69) is 26.1 Å². The Bertz CT molecular complexity index is 539. The Kier molecular flexibility index (Phi) is 4.14. The molecule has 0 aliphatic carbocycles. The number of hydrogen-bond acceptors (Lipinski definition) is 4. The summed E-state index contributed by atoms with van der Waals surface area (Å²) in [6, 6.07) is 5.99. The molecule has 1 atom stereocenters. The fourth-order valence-corrected chi connectivity index (χ4v) is 2.03. The highest BCUT2D eigenvalue weighted by Crippen LogP contribution is 2.27. The average molecular weight is 310 g/mol. The number of hydrogen-bond donors (Lipinski definition) is 1. The maximum absolute atomic E-state index is 5.88. The van der Waals surface area contributed by atoms with Gasteiger partial charge in [-0.3, -0.25) is 0 Å². The van der Waals surface area contributed by atoms with Crippen molar-refractivity contribution in [3.63, 3.8) is 0 Å². The van der Waals surface area contributed by atoms with E-state index in [0.29, 0.717) is 18.1 Å². The first-order chi connectivity index (χ1) is 8.61. The van der Waals surface area contributed by atoms with Crippen LogP contribution < -0.4 is 5.73 Å². The van der Waals surface area contributed by atoms with Crippen molar-refractivity contribution in [1.82, 2.24) is 10.1 Å². The largest absolute Gasteiger partial charge is 0.334 e. The Morgan fingerprint density at radius 3 is 2.94 bits per heavy atom. The first-order valence-electron chi connectivity index (χ1n) is 5.95. The van der Waals surface area contributed by atoms with Gasteiger partial charge in [0.1, 0.15) is 0 Å². The molecule has 2 N–H and O–H groups in total. The summed E-state index contributed by atoms with van der Waals surface area (Å²) in [6.07, 6.45) is 1.55. The Hall–Kier alpha value is -1.20. The molecule has 0 saturated heterocycles. The molecule has 1 aromatic heterocycles. The molecule has 0 radical (unpaired) electrons. The van der Waals surface area contributed by atoms with Gasteiger partial charge in [-0.15, -0.1) is 0 Å². The van der Waals surface area contributed by atoms with Crippen LogP contribution in [0.15, 0.2) is 27.2 Å². The molecule has 96 valence electrons. The molecule has 0 aliphatic rings. The van der Waals surface area contributed by atoms with Crippen molar-refractivity contribution in [3.05, 3.63) is 34.1 Å². The van der Waals surface area contributed by atoms with Gasteiger partial charge in [-0.1, -0.05) is 34.1 Å². The van der Waals surface area contributed by atoms with E-state index in [4.69, 9.17) is 10.3 Å². The third kappa shape index (κ3) is 2.79. The van der Waals surface area contributed by atoms with Crippen molar-refractivity contribution in [3.8, 4) is 11.5 Å². The summed E-state index contributed by atoms with van der Waals surface area (Å²) in [4.78, 5) is 4.39. The molecule has 1 unspecified atom stereocenters. The minimum absolute atomic E-state index is 0.0825. The quantitative estimate of drug-likeness (QED) is 0.942. The molecule has 0 aliphatic heterocycles. The van der Waals surface area contributed by atoms with Gasteiger partial charge in [0, 0.05) is 22.5 Å². The number of nitrogens with two attached hydrogens (primary N) is 1. The SMILES string of the molecule is CCC(N)Cc1noc(-c2cccc(Br)c2C)n1. The standard InChI is InChI=1S/C13H16BrN3O/c1-3-9(15)7-12-16-13(18-17-12)10-5-4-6-11(14)8(10)2/h4-6,9H,3,7,15H2,1-2H3. The molecule has 2 aromatic rings. The predicted octanol–water partition coefficient (Wildman–Crippen LogP) is 3.09. The summed E-state index contributed by atoms with van der Waals surface area (Å²) in [7, 11) is 0. The average Bonchev–Trinajstić information content (AvgIpc) is 2.80. The van der Waals surface area contributed by atoms with Crippen LogP contribution in [0.1, 0.15) is 24.7 Å². The van der Waals surface area contributed by atoms with E-state index in [1.807, 2.05) is 32.0 Å². The van der Waals surface area contributed by atoms with Gasteiger partial charge in [-0.2, -0.15) is 4.98 Å². The molecule has 0 saturated carbocycles. The van der Waals surface area contributed by atoms with E-state index in [9.17, 15) is 0 Å². The van der Waals surface area contributed by atoms with E-state index in [1.54, 1.807) is 0 Å². The molecule has 0 spiro atoms. The molecule has 2 rings (SSSR count). The molecule has 1 aromatic carbocycles. The van der Waals surface area contributed by atoms with Crippen molar-refractivity contribution in [1.29, 1.82) is 0 Å². The number of aromatic nitrogens is 2. The lowest BCUT2D eigenvalue weighted by Crippen LogP contribution is -2.21. The lowest BCUT2D eigenvalue weighted by Gasteiger charge is -2.03. The zero-order chi connectivity index (χ0) is 13.1. The van der Waals surface area contributed by atoms with Crippen LogP contribution in [-0.2, 0) is 6.42 Å². The minimum Gasteiger partial charge on any atom is -0.334 e. The Labute approximate surface area is 115 Å². The zero-order valence-electron chi connectivity index (χ0n) is 10.5. The van der Waals surface area contributed by atoms with Gasteiger partial charge in [0.15, 0.2) is 5.82 Å². The maximum Gasteiger partial charge on any atom is 0.258 e. The molecule has 0 amide bonds. The van der Waals surface area contributed by atoms with Gasteiger partial charge in [0.05, 0.1) is 0 Å². The van der Waals surface area contributed by atoms with Crippen molar-refractivity contribution < 1.29 is 4.52 Å². The predicted molar refractivity (Wildman–Crippen MR) is 74.1 cm³/mol. The fourth-order valence-electron chi connectivity index (χ4n) is 1.66. The van der Waals surface area contributed by atoms with E-state index in [1.165, 1.54) is 0 Å². The number of rotatable bonds is 4. The van der Waals surface area contributed by atoms with E-state index in [-0.39, 0.29) is 6.04 Å². The molecular formula is C13H16BrN3O. The summed E-state index contributed by atoms with van der Waals surface area (Å²) in [5, 5.41) is 3.97. The van der Waals surface area contributed by atoms with Crippen molar-refractivity contribution in [2.24, 2.45) is 5.73 Å². The summed E-state index contributed by atoms with van der Waals surface area (Å²) < 4.78 is 6.33. The molecular weight excluding hydrogens is 294 g/mol. The highest BCUT2D eigenvalue weighted by atomic mass is 79.9. The number of halogens is 1. The van der Waals surface area contributed by atoms with Gasteiger partial charge < -0.3 is 10.3 Å². The van der Waals surface area contributed by atoms with Crippen LogP contribution >= 0.6 is 15.9 Å². The van der Waals surface area contributed by atoms with Crippen LogP contribution in [0.5, 0.6) is 0 Å². The second-order valence-corrected chi connectivity index (χ2v) is 5.15. The minimum atomic E-state index is 0.0825. The zero-order valence-corrected chi connectivity index (χ0v) is 12.1. The molecule has 1 heterocycles. The first kappa shape index (κ1) is 13.2. The van der Waals surface area contributed by atoms with E-state index in [0.717, 1.165) is 22.0 Å². The monoisotopic (exact) mass is 309 g/mol. The van der Waals surface area contributed by atoms with Crippen molar-refractivity contribution >= 4 is 15.9 Å². The highest BCUT2D eigenvalue weighted by molar-refractivity contribution is 9.10. The molecule has 0 bridgehead atoms. The number of nitrogens with zero attached hydrogens (tertiary/aromatic N) is 2. The second-order valence-electron chi connectivity index (χ2n) is 4.30. The second kappa shape index (κ2) is 5.63. The Morgan fingerprint density at radius 2 is 2.22 bits per heavy atom. The van der Waals surface area contributed by atoms with Crippen LogP contribution in [0, 0.1) is 6.92 Å². The van der Waals surface area contributed by atoms with Gasteiger partial charge in [-0.25, -0.2) is 0 Å². The molecule has 18 heavy (non-hydrogen) atoms. The highest BCUT2D eigenvalue weighted by Gasteiger charge is 2.13. The lowest BCUT2D eigenvalue weighted by molar-refractivity contribution is 0.419. The molecule has 0 fully saturated rings.